The van der Waals surface area contributed by atoms with Crippen LogP contribution in [-0.4, -0.2) is 81.1 Å². The molecule has 1 heterocycles. The van der Waals surface area contributed by atoms with Gasteiger partial charge in [0.25, 0.3) is 0 Å². The number of carbonyl (C=O) groups is 2. The topological polar surface area (TPSA) is 162 Å². The van der Waals surface area contributed by atoms with Gasteiger partial charge in [0.05, 0.1) is 36.1 Å². The summed E-state index contributed by atoms with van der Waals surface area (Å²) in [6, 6.07) is 7.39. The molecule has 13 heteroatoms. The Balaban J connectivity index is 2.23. The molecule has 1 aliphatic heterocycles. The molecule has 3 atom stereocenters. The smallest absolute Gasteiger partial charge is 0.332 e. The molecule has 0 spiro atoms. The van der Waals surface area contributed by atoms with E-state index in [2.05, 4.69) is 10.0 Å². The van der Waals surface area contributed by atoms with E-state index in [4.69, 9.17) is 0 Å². The molecule has 216 valence electrons. The van der Waals surface area contributed by atoms with Crippen LogP contribution in [0.15, 0.2) is 30.3 Å². The summed E-state index contributed by atoms with van der Waals surface area (Å²) in [4.78, 5) is 27.2. The van der Waals surface area contributed by atoms with Gasteiger partial charge >= 0.3 is 16.2 Å². The lowest BCUT2D eigenvalue weighted by molar-refractivity contribution is -0.126. The highest BCUT2D eigenvalue weighted by Crippen LogP contribution is 2.19. The lowest BCUT2D eigenvalue weighted by Crippen LogP contribution is -2.56. The fourth-order valence-electron chi connectivity index (χ4n) is 4.32. The van der Waals surface area contributed by atoms with E-state index >= 15 is 0 Å². The van der Waals surface area contributed by atoms with Gasteiger partial charge in [-0.3, -0.25) is 4.79 Å². The Morgan fingerprint density at radius 2 is 1.76 bits per heavy atom. The van der Waals surface area contributed by atoms with Crippen LogP contribution in [0.25, 0.3) is 0 Å². The Kier molecular flexibility index (Phi) is 11.1. The number of aliphatic hydroxyl groups excluding tert-OH is 1. The van der Waals surface area contributed by atoms with E-state index in [-0.39, 0.29) is 36.9 Å². The maximum Gasteiger partial charge on any atom is 0.332 e. The second-order valence-electron chi connectivity index (χ2n) is 11.4. The zero-order chi connectivity index (χ0) is 28.7. The molecule has 0 aliphatic carbocycles. The number of hydrogen-bond donors (Lipinski definition) is 4. The average molecular weight is 575 g/mol. The first-order valence-electron chi connectivity index (χ1n) is 12.8. The monoisotopic (exact) mass is 574 g/mol. The van der Waals surface area contributed by atoms with Gasteiger partial charge in [-0.1, -0.05) is 44.2 Å². The van der Waals surface area contributed by atoms with Crippen LogP contribution in [0, 0.1) is 11.8 Å². The van der Waals surface area contributed by atoms with Crippen molar-refractivity contribution in [1.29, 1.82) is 0 Å². The number of sulfone groups is 1. The average Bonchev–Trinajstić information content (AvgIpc) is 2.75. The SMILES string of the molecule is CC(C)CN(CC(O)C(Cc1ccccc1)NC(=O)C1CCCS(=O)(=O)C1)C(=O)NS(=O)(=O)NC(C)(C)C. The van der Waals surface area contributed by atoms with E-state index in [1.54, 1.807) is 20.8 Å². The number of carbonyl (C=O) groups excluding carboxylic acids is 2. The first-order chi connectivity index (χ1) is 17.5. The molecule has 1 aromatic rings. The summed E-state index contributed by atoms with van der Waals surface area (Å²) < 4.78 is 53.4. The highest BCUT2D eigenvalue weighted by molar-refractivity contribution is 7.91. The van der Waals surface area contributed by atoms with Crippen molar-refractivity contribution in [2.45, 2.75) is 71.6 Å². The predicted octanol–water partition coefficient (Wildman–Crippen LogP) is 1.20. The van der Waals surface area contributed by atoms with Crippen LogP contribution in [0.2, 0.25) is 0 Å². The van der Waals surface area contributed by atoms with Gasteiger partial charge in [0.2, 0.25) is 5.91 Å². The first kappa shape index (κ1) is 32.0. The number of nitrogens with one attached hydrogen (secondary N) is 3. The second-order valence-corrected chi connectivity index (χ2v) is 15.0. The molecule has 1 fully saturated rings. The Morgan fingerprint density at radius 1 is 1.13 bits per heavy atom. The van der Waals surface area contributed by atoms with Gasteiger partial charge in [-0.05, 0) is 51.5 Å². The fraction of sp³-hybridized carbons (Fsp3) is 0.680. The second kappa shape index (κ2) is 13.2. The normalized spacial score (nSPS) is 19.4. The summed E-state index contributed by atoms with van der Waals surface area (Å²) in [6.07, 6.45) is -0.207. The number of nitrogens with zero attached hydrogens (tertiary/aromatic N) is 1. The largest absolute Gasteiger partial charge is 0.389 e. The molecule has 0 radical (unpaired) electrons. The number of hydrogen-bond acceptors (Lipinski definition) is 7. The minimum atomic E-state index is -4.17. The molecular formula is C25H42N4O7S2. The van der Waals surface area contributed by atoms with E-state index in [0.717, 1.165) is 5.56 Å². The lowest BCUT2D eigenvalue weighted by Gasteiger charge is -2.32. The van der Waals surface area contributed by atoms with E-state index in [9.17, 15) is 31.5 Å². The van der Waals surface area contributed by atoms with Gasteiger partial charge in [-0.25, -0.2) is 17.9 Å². The highest BCUT2D eigenvalue weighted by Gasteiger charge is 2.34. The third-order valence-electron chi connectivity index (χ3n) is 5.87. The van der Waals surface area contributed by atoms with Gasteiger partial charge in [0, 0.05) is 12.1 Å². The highest BCUT2D eigenvalue weighted by atomic mass is 32.2. The number of urea groups is 1. The Labute approximate surface area is 226 Å². The Morgan fingerprint density at radius 3 is 2.32 bits per heavy atom. The molecule has 1 saturated heterocycles. The van der Waals surface area contributed by atoms with Crippen LogP contribution < -0.4 is 14.8 Å². The van der Waals surface area contributed by atoms with Gasteiger partial charge in [0.1, 0.15) is 0 Å². The Bertz CT molecular complexity index is 1150. The van der Waals surface area contributed by atoms with Crippen LogP contribution in [0.3, 0.4) is 0 Å². The van der Waals surface area contributed by atoms with E-state index in [0.29, 0.717) is 12.8 Å². The van der Waals surface area contributed by atoms with Crippen LogP contribution >= 0.6 is 0 Å². The number of benzene rings is 1. The van der Waals surface area contributed by atoms with Gasteiger partial charge in [-0.15, -0.1) is 0 Å². The summed E-state index contributed by atoms with van der Waals surface area (Å²) in [6.45, 7) is 8.52. The summed E-state index contributed by atoms with van der Waals surface area (Å²) in [5.41, 5.74) is 0.0107. The maximum absolute atomic E-state index is 13.0. The van der Waals surface area contributed by atoms with Crippen LogP contribution in [0.1, 0.15) is 53.0 Å². The third-order valence-corrected chi connectivity index (χ3v) is 9.01. The standard InChI is InChI=1S/C25H42N4O7S2/c1-18(2)15-29(24(32)27-38(35,36)28-25(3,4)5)16-22(30)21(14-19-10-7-6-8-11-19)26-23(31)20-12-9-13-37(33,34)17-20/h6-8,10-11,18,20-22,28,30H,9,12-17H2,1-5H3,(H,26,31)(H,27,32). The molecule has 4 N–H and O–H groups in total. The first-order valence-corrected chi connectivity index (χ1v) is 16.1. The van der Waals surface area contributed by atoms with Crippen LogP contribution in [0.5, 0.6) is 0 Å². The van der Waals surface area contributed by atoms with Crippen molar-refractivity contribution in [2.75, 3.05) is 24.6 Å². The number of amides is 3. The fourth-order valence-corrected chi connectivity index (χ4v) is 7.24. The molecule has 3 amide bonds. The van der Waals surface area contributed by atoms with Crippen molar-refractivity contribution in [3.05, 3.63) is 35.9 Å². The molecule has 0 bridgehead atoms. The molecule has 2 rings (SSSR count). The minimum absolute atomic E-state index is 0.0409. The zero-order valence-corrected chi connectivity index (χ0v) is 24.4. The van der Waals surface area contributed by atoms with Crippen LogP contribution in [-0.2, 0) is 31.3 Å². The molecule has 0 aromatic heterocycles. The lowest BCUT2D eigenvalue weighted by atomic mass is 9.98. The Hall–Kier alpha value is -2.22. The van der Waals surface area contributed by atoms with E-state index < -0.39 is 55.6 Å². The van der Waals surface area contributed by atoms with Gasteiger partial charge in [-0.2, -0.15) is 13.1 Å². The van der Waals surface area contributed by atoms with Gasteiger partial charge in [0.15, 0.2) is 9.84 Å². The predicted molar refractivity (Wildman–Crippen MR) is 146 cm³/mol. The zero-order valence-electron chi connectivity index (χ0n) is 22.8. The molecule has 0 saturated carbocycles. The molecule has 1 aliphatic rings. The third kappa shape index (κ3) is 11.3. The molecule has 3 unspecified atom stereocenters. The number of rotatable bonds is 11. The molecule has 11 nitrogen and oxygen atoms in total. The number of aliphatic hydroxyl groups is 1. The summed E-state index contributed by atoms with van der Waals surface area (Å²) >= 11 is 0. The van der Waals surface area contributed by atoms with Crippen molar-refractivity contribution in [3.63, 3.8) is 0 Å². The molecule has 1 aromatic carbocycles. The van der Waals surface area contributed by atoms with Crippen LogP contribution in [0.4, 0.5) is 4.79 Å². The maximum atomic E-state index is 13.0. The van der Waals surface area contributed by atoms with Crippen molar-refractivity contribution in [3.8, 4) is 0 Å². The van der Waals surface area contributed by atoms with Crippen molar-refractivity contribution >= 4 is 32.0 Å². The minimum Gasteiger partial charge on any atom is -0.389 e. The van der Waals surface area contributed by atoms with Crippen molar-refractivity contribution < 1.29 is 31.5 Å². The van der Waals surface area contributed by atoms with Crippen molar-refractivity contribution in [1.82, 2.24) is 19.7 Å². The summed E-state index contributed by atoms with van der Waals surface area (Å²) in [5, 5.41) is 14.0. The van der Waals surface area contributed by atoms with E-state index in [1.807, 2.05) is 48.9 Å². The summed E-state index contributed by atoms with van der Waals surface area (Å²) in [7, 11) is -7.48. The van der Waals surface area contributed by atoms with Crippen molar-refractivity contribution in [2.24, 2.45) is 11.8 Å². The van der Waals surface area contributed by atoms with E-state index in [1.165, 1.54) is 4.90 Å². The molecular weight excluding hydrogens is 532 g/mol. The quantitative estimate of drug-likeness (QED) is 0.309. The molecule has 38 heavy (non-hydrogen) atoms. The van der Waals surface area contributed by atoms with Gasteiger partial charge < -0.3 is 15.3 Å². The summed E-state index contributed by atoms with van der Waals surface area (Å²) in [5.74, 6) is -1.42.